The molecule has 0 saturated heterocycles. The number of halogens is 3. The Labute approximate surface area is 188 Å². The molecule has 0 amide bonds. The van der Waals surface area contributed by atoms with Gasteiger partial charge in [-0.25, -0.2) is 13.2 Å². The topological polar surface area (TPSA) is 70.5 Å². The summed E-state index contributed by atoms with van der Waals surface area (Å²) in [6, 6.07) is 10.4. The van der Waals surface area contributed by atoms with E-state index in [9.17, 15) is 13.2 Å². The van der Waals surface area contributed by atoms with E-state index in [1.807, 2.05) is 25.1 Å². The molecule has 2 heterocycles. The molecular formula is C25H23F3N2O3. The van der Waals surface area contributed by atoms with Gasteiger partial charge in [-0.3, -0.25) is 4.98 Å². The molecule has 2 aromatic carbocycles. The number of nitrogens with two attached hydrogens (primary N) is 1. The Hall–Kier alpha value is -3.52. The zero-order valence-corrected chi connectivity index (χ0v) is 18.0. The molecule has 0 bridgehead atoms. The van der Waals surface area contributed by atoms with Gasteiger partial charge in [0, 0.05) is 36.1 Å². The Kier molecular flexibility index (Phi) is 6.84. The smallest absolute Gasteiger partial charge is 0.191 e. The maximum atomic E-state index is 13.9. The molecule has 2 aromatic heterocycles. The lowest BCUT2D eigenvalue weighted by Crippen LogP contribution is -2.06. The molecule has 0 saturated carbocycles. The fourth-order valence-electron chi connectivity index (χ4n) is 3.68. The van der Waals surface area contributed by atoms with Crippen molar-refractivity contribution in [3.05, 3.63) is 88.7 Å². The first-order valence-corrected chi connectivity index (χ1v) is 10.5. The number of nitrogens with zero attached hydrogens (tertiary/aromatic N) is 1. The molecular weight excluding hydrogens is 433 g/mol. The summed E-state index contributed by atoms with van der Waals surface area (Å²) < 4.78 is 57.9. The summed E-state index contributed by atoms with van der Waals surface area (Å²) >= 11 is 0. The highest BCUT2D eigenvalue weighted by molar-refractivity contribution is 5.88. The van der Waals surface area contributed by atoms with Crippen molar-refractivity contribution in [3.63, 3.8) is 0 Å². The summed E-state index contributed by atoms with van der Waals surface area (Å²) in [7, 11) is 0. The van der Waals surface area contributed by atoms with Crippen LogP contribution in [0.15, 0.2) is 53.1 Å². The predicted molar refractivity (Wildman–Crippen MR) is 118 cm³/mol. The van der Waals surface area contributed by atoms with Gasteiger partial charge in [0.2, 0.25) is 0 Å². The number of aryl methyl sites for hydroxylation is 2. The molecule has 8 heteroatoms. The largest absolute Gasteiger partial charge is 0.493 e. The number of aromatic nitrogens is 1. The number of hydrogen-bond acceptors (Lipinski definition) is 5. The van der Waals surface area contributed by atoms with Crippen LogP contribution in [0, 0.1) is 24.4 Å². The molecule has 33 heavy (non-hydrogen) atoms. The van der Waals surface area contributed by atoms with Crippen LogP contribution >= 0.6 is 0 Å². The lowest BCUT2D eigenvalue weighted by atomic mass is 10.1. The van der Waals surface area contributed by atoms with E-state index in [1.165, 1.54) is 0 Å². The zero-order chi connectivity index (χ0) is 23.4. The van der Waals surface area contributed by atoms with E-state index in [0.29, 0.717) is 42.4 Å². The average Bonchev–Trinajstić information content (AvgIpc) is 3.12. The van der Waals surface area contributed by atoms with E-state index in [0.717, 1.165) is 35.0 Å². The number of ether oxygens (including phenoxy) is 2. The summed E-state index contributed by atoms with van der Waals surface area (Å²) in [4.78, 5) is 4.39. The van der Waals surface area contributed by atoms with Gasteiger partial charge in [0.15, 0.2) is 17.4 Å². The second-order valence-corrected chi connectivity index (χ2v) is 7.53. The Morgan fingerprint density at radius 2 is 1.82 bits per heavy atom. The molecule has 2 N–H and O–H groups in total. The van der Waals surface area contributed by atoms with Crippen molar-refractivity contribution in [1.29, 1.82) is 0 Å². The van der Waals surface area contributed by atoms with Gasteiger partial charge in [-0.2, -0.15) is 0 Å². The van der Waals surface area contributed by atoms with E-state index in [1.54, 1.807) is 18.3 Å². The fraction of sp³-hybridized carbons (Fsp3) is 0.240. The van der Waals surface area contributed by atoms with E-state index in [2.05, 4.69) is 4.98 Å². The first kappa shape index (κ1) is 22.7. The third kappa shape index (κ3) is 4.96. The summed E-state index contributed by atoms with van der Waals surface area (Å²) in [5, 5.41) is 0.761. The molecule has 0 aliphatic carbocycles. The minimum absolute atomic E-state index is 0.221. The summed E-state index contributed by atoms with van der Waals surface area (Å²) in [6.07, 6.45) is 3.23. The van der Waals surface area contributed by atoms with Crippen LogP contribution in [0.1, 0.15) is 29.0 Å². The van der Waals surface area contributed by atoms with Crippen LogP contribution in [0.5, 0.6) is 11.5 Å². The molecule has 0 aliphatic rings. The monoisotopic (exact) mass is 456 g/mol. The van der Waals surface area contributed by atoms with Crippen molar-refractivity contribution in [3.8, 4) is 11.5 Å². The molecule has 0 fully saturated rings. The quantitative estimate of drug-likeness (QED) is 0.332. The maximum Gasteiger partial charge on any atom is 0.191 e. The molecule has 0 spiro atoms. The first-order valence-electron chi connectivity index (χ1n) is 10.5. The van der Waals surface area contributed by atoms with E-state index < -0.39 is 23.2 Å². The second-order valence-electron chi connectivity index (χ2n) is 7.53. The highest BCUT2D eigenvalue weighted by Crippen LogP contribution is 2.34. The molecule has 0 atom stereocenters. The highest BCUT2D eigenvalue weighted by Gasteiger charge is 2.18. The normalized spacial score (nSPS) is 11.2. The van der Waals surface area contributed by atoms with Gasteiger partial charge in [0.05, 0.1) is 12.0 Å². The molecule has 0 unspecified atom stereocenters. The number of hydrogen-bond donors (Lipinski definition) is 1. The third-order valence-electron chi connectivity index (χ3n) is 5.34. The molecule has 0 radical (unpaired) electrons. The van der Waals surface area contributed by atoms with Crippen LogP contribution in [0.4, 0.5) is 13.2 Å². The van der Waals surface area contributed by atoms with E-state index >= 15 is 0 Å². The lowest BCUT2D eigenvalue weighted by molar-refractivity contribution is 0.247. The lowest BCUT2D eigenvalue weighted by Gasteiger charge is -2.09. The van der Waals surface area contributed by atoms with Crippen LogP contribution in [0.3, 0.4) is 0 Å². The SMILES string of the molecule is Cc1c(COc2c(F)cc(F)cc2F)oc2cccc(OCCCc3ncccc3CN)c12. The van der Waals surface area contributed by atoms with E-state index in [4.69, 9.17) is 19.6 Å². The van der Waals surface area contributed by atoms with Crippen LogP contribution in [0.2, 0.25) is 0 Å². The zero-order valence-electron chi connectivity index (χ0n) is 18.0. The molecule has 4 aromatic rings. The van der Waals surface area contributed by atoms with Crippen molar-refractivity contribution in [2.24, 2.45) is 5.73 Å². The van der Waals surface area contributed by atoms with Crippen molar-refractivity contribution in [1.82, 2.24) is 4.98 Å². The highest BCUT2D eigenvalue weighted by atomic mass is 19.1. The van der Waals surface area contributed by atoms with Crippen LogP contribution in [-0.4, -0.2) is 11.6 Å². The Morgan fingerprint density at radius 3 is 2.58 bits per heavy atom. The van der Waals surface area contributed by atoms with Crippen LogP contribution < -0.4 is 15.2 Å². The van der Waals surface area contributed by atoms with E-state index in [-0.39, 0.29) is 6.61 Å². The maximum absolute atomic E-state index is 13.9. The van der Waals surface area contributed by atoms with Gasteiger partial charge in [0.1, 0.15) is 29.5 Å². The van der Waals surface area contributed by atoms with Crippen LogP contribution in [-0.2, 0) is 19.6 Å². The second kappa shape index (κ2) is 9.95. The Morgan fingerprint density at radius 1 is 1.03 bits per heavy atom. The summed E-state index contributed by atoms with van der Waals surface area (Å²) in [6.45, 7) is 2.49. The number of pyridine rings is 1. The summed E-state index contributed by atoms with van der Waals surface area (Å²) in [5.74, 6) is -2.86. The van der Waals surface area contributed by atoms with Gasteiger partial charge in [-0.05, 0) is 43.5 Å². The number of rotatable bonds is 9. The van der Waals surface area contributed by atoms with Gasteiger partial charge in [-0.15, -0.1) is 0 Å². The minimum Gasteiger partial charge on any atom is -0.493 e. The first-order chi connectivity index (χ1) is 16.0. The number of fused-ring (bicyclic) bond motifs is 1. The summed E-state index contributed by atoms with van der Waals surface area (Å²) in [5.41, 5.74) is 9.04. The third-order valence-corrected chi connectivity index (χ3v) is 5.34. The van der Waals surface area contributed by atoms with Gasteiger partial charge < -0.3 is 19.6 Å². The Balaban J connectivity index is 1.45. The van der Waals surface area contributed by atoms with Gasteiger partial charge in [0.25, 0.3) is 0 Å². The fourth-order valence-corrected chi connectivity index (χ4v) is 3.68. The molecule has 5 nitrogen and oxygen atoms in total. The average molecular weight is 456 g/mol. The number of benzene rings is 2. The van der Waals surface area contributed by atoms with Gasteiger partial charge in [-0.1, -0.05) is 12.1 Å². The minimum atomic E-state index is -1.11. The van der Waals surface area contributed by atoms with Crippen molar-refractivity contribution >= 4 is 11.0 Å². The molecule has 0 aliphatic heterocycles. The Bertz CT molecular complexity index is 1250. The molecule has 4 rings (SSSR count). The van der Waals surface area contributed by atoms with Crippen LogP contribution in [0.25, 0.3) is 11.0 Å². The van der Waals surface area contributed by atoms with Crippen molar-refractivity contribution < 1.29 is 27.1 Å². The van der Waals surface area contributed by atoms with Crippen molar-refractivity contribution in [2.75, 3.05) is 6.61 Å². The predicted octanol–water partition coefficient (Wildman–Crippen LogP) is 5.60. The standard InChI is InChI=1S/C25H23F3N2O3/c1-15-23(14-32-25-18(27)11-17(26)12-19(25)28)33-22-8-2-7-21(24(15)22)31-10-4-6-20-16(13-29)5-3-9-30-20/h2-3,5,7-9,11-12H,4,6,10,13-14,29H2,1H3. The van der Waals surface area contributed by atoms with Crippen molar-refractivity contribution in [2.45, 2.75) is 32.9 Å². The molecule has 172 valence electrons. The number of furan rings is 1. The van der Waals surface area contributed by atoms with Gasteiger partial charge >= 0.3 is 0 Å².